The van der Waals surface area contributed by atoms with Crippen LogP contribution in [0.1, 0.15) is 28.4 Å². The molecule has 0 aliphatic heterocycles. The van der Waals surface area contributed by atoms with Crippen molar-refractivity contribution in [3.05, 3.63) is 27.7 Å². The summed E-state index contributed by atoms with van der Waals surface area (Å²) in [5.41, 5.74) is 5.63. The minimum atomic E-state index is -1.28. The Kier molecular flexibility index (Phi) is 6.82. The van der Waals surface area contributed by atoms with E-state index in [1.807, 2.05) is 0 Å². The molecule has 0 unspecified atom stereocenters. The SMILES string of the molecule is COC(=O)C[C@H](N)c1cc(Br)cc(C(=O)O)c1O.Cl. The molecule has 1 aromatic carbocycles. The number of hydrogen-bond donors (Lipinski definition) is 3. The first kappa shape index (κ1) is 17.7. The predicted molar refractivity (Wildman–Crippen MR) is 73.6 cm³/mol. The zero-order chi connectivity index (χ0) is 13.9. The zero-order valence-electron chi connectivity index (χ0n) is 9.92. The summed E-state index contributed by atoms with van der Waals surface area (Å²) in [5, 5.41) is 18.7. The number of benzene rings is 1. The highest BCUT2D eigenvalue weighted by molar-refractivity contribution is 9.10. The third kappa shape index (κ3) is 4.38. The molecule has 106 valence electrons. The van der Waals surface area contributed by atoms with Crippen molar-refractivity contribution in [2.45, 2.75) is 12.5 Å². The molecule has 0 amide bonds. The van der Waals surface area contributed by atoms with E-state index < -0.39 is 23.7 Å². The highest BCUT2D eigenvalue weighted by Gasteiger charge is 2.21. The van der Waals surface area contributed by atoms with Gasteiger partial charge in [0.2, 0.25) is 0 Å². The van der Waals surface area contributed by atoms with Gasteiger partial charge in [0.25, 0.3) is 0 Å². The number of methoxy groups -OCH3 is 1. The first-order valence-corrected chi connectivity index (χ1v) is 5.74. The van der Waals surface area contributed by atoms with Crippen LogP contribution in [0.4, 0.5) is 0 Å². The normalized spacial score (nSPS) is 11.3. The summed E-state index contributed by atoms with van der Waals surface area (Å²) in [6, 6.07) is 1.88. The number of phenols is 1. The van der Waals surface area contributed by atoms with Crippen molar-refractivity contribution in [1.82, 2.24) is 0 Å². The van der Waals surface area contributed by atoms with Gasteiger partial charge in [0, 0.05) is 16.1 Å². The maximum absolute atomic E-state index is 11.1. The van der Waals surface area contributed by atoms with E-state index in [4.69, 9.17) is 10.8 Å². The third-order valence-electron chi connectivity index (χ3n) is 2.35. The van der Waals surface area contributed by atoms with Gasteiger partial charge in [0.05, 0.1) is 13.5 Å². The van der Waals surface area contributed by atoms with Crippen molar-refractivity contribution in [2.24, 2.45) is 5.73 Å². The molecular weight excluding hydrogens is 341 g/mol. The van der Waals surface area contributed by atoms with Crippen LogP contribution in [0, 0.1) is 0 Å². The molecule has 1 atom stereocenters. The average Bonchev–Trinajstić information content (AvgIpc) is 2.30. The molecule has 0 aliphatic carbocycles. The molecule has 0 fully saturated rings. The second kappa shape index (κ2) is 7.32. The Morgan fingerprint density at radius 2 is 2.05 bits per heavy atom. The van der Waals surface area contributed by atoms with Gasteiger partial charge < -0.3 is 20.7 Å². The number of esters is 1. The molecule has 1 aromatic rings. The van der Waals surface area contributed by atoms with Gasteiger partial charge in [-0.3, -0.25) is 4.79 Å². The van der Waals surface area contributed by atoms with Crippen LogP contribution in [0.15, 0.2) is 16.6 Å². The van der Waals surface area contributed by atoms with E-state index in [-0.39, 0.29) is 30.0 Å². The lowest BCUT2D eigenvalue weighted by Gasteiger charge is -2.14. The van der Waals surface area contributed by atoms with Crippen LogP contribution in [-0.2, 0) is 9.53 Å². The van der Waals surface area contributed by atoms with Crippen LogP contribution in [0.3, 0.4) is 0 Å². The number of rotatable bonds is 4. The fraction of sp³-hybridized carbons (Fsp3) is 0.273. The summed E-state index contributed by atoms with van der Waals surface area (Å²) in [6.07, 6.45) is -0.153. The second-order valence-corrected chi connectivity index (χ2v) is 4.50. The minimum absolute atomic E-state index is 0. The minimum Gasteiger partial charge on any atom is -0.507 e. The first-order valence-electron chi connectivity index (χ1n) is 4.95. The number of carboxylic acids is 1. The van der Waals surface area contributed by atoms with Gasteiger partial charge in [-0.05, 0) is 12.1 Å². The molecular formula is C11H13BrClNO5. The highest BCUT2D eigenvalue weighted by atomic mass is 79.9. The summed E-state index contributed by atoms with van der Waals surface area (Å²) in [6.45, 7) is 0. The van der Waals surface area contributed by atoms with Gasteiger partial charge in [-0.25, -0.2) is 4.79 Å². The molecule has 1 rings (SSSR count). The summed E-state index contributed by atoms with van der Waals surface area (Å²) in [7, 11) is 1.22. The smallest absolute Gasteiger partial charge is 0.339 e. The molecule has 4 N–H and O–H groups in total. The van der Waals surface area contributed by atoms with Crippen LogP contribution < -0.4 is 5.73 Å². The zero-order valence-corrected chi connectivity index (χ0v) is 12.3. The predicted octanol–water partition coefficient (Wildman–Crippen LogP) is 1.84. The lowest BCUT2D eigenvalue weighted by Crippen LogP contribution is -2.17. The quantitative estimate of drug-likeness (QED) is 0.712. The van der Waals surface area contributed by atoms with Crippen molar-refractivity contribution in [2.75, 3.05) is 7.11 Å². The molecule has 0 saturated heterocycles. The van der Waals surface area contributed by atoms with Gasteiger partial charge in [-0.15, -0.1) is 12.4 Å². The van der Waals surface area contributed by atoms with Crippen LogP contribution in [0.5, 0.6) is 5.75 Å². The second-order valence-electron chi connectivity index (χ2n) is 3.58. The van der Waals surface area contributed by atoms with Crippen molar-refractivity contribution >= 4 is 40.3 Å². The Morgan fingerprint density at radius 3 is 2.53 bits per heavy atom. The Balaban J connectivity index is 0.00000324. The van der Waals surface area contributed by atoms with E-state index >= 15 is 0 Å². The lowest BCUT2D eigenvalue weighted by atomic mass is 10.0. The molecule has 19 heavy (non-hydrogen) atoms. The number of ether oxygens (including phenoxy) is 1. The summed E-state index contributed by atoms with van der Waals surface area (Å²) < 4.78 is 4.91. The topological polar surface area (TPSA) is 110 Å². The molecule has 0 aromatic heterocycles. The number of aromatic carboxylic acids is 1. The Bertz CT molecular complexity index is 494. The standard InChI is InChI=1S/C11H12BrNO5.ClH/c1-18-9(14)4-8(13)6-2-5(12)3-7(10(6)15)11(16)17;/h2-3,8,15H,4,13H2,1H3,(H,16,17);1H/t8-;/m0./s1. The van der Waals surface area contributed by atoms with Crippen LogP contribution in [0.25, 0.3) is 0 Å². The lowest BCUT2D eigenvalue weighted by molar-refractivity contribution is -0.141. The Morgan fingerprint density at radius 1 is 1.47 bits per heavy atom. The van der Waals surface area contributed by atoms with Gasteiger partial charge in [-0.2, -0.15) is 0 Å². The van der Waals surface area contributed by atoms with Crippen LogP contribution in [0.2, 0.25) is 0 Å². The van der Waals surface area contributed by atoms with Crippen LogP contribution in [-0.4, -0.2) is 29.3 Å². The summed E-state index contributed by atoms with van der Waals surface area (Å²) >= 11 is 3.12. The van der Waals surface area contributed by atoms with Crippen molar-refractivity contribution < 1.29 is 24.5 Å². The van der Waals surface area contributed by atoms with E-state index in [0.29, 0.717) is 4.47 Å². The van der Waals surface area contributed by atoms with E-state index in [0.717, 1.165) is 0 Å². The number of carbonyl (C=O) groups excluding carboxylic acids is 1. The number of halogens is 2. The van der Waals surface area contributed by atoms with Gasteiger partial charge in [0.15, 0.2) is 0 Å². The maximum atomic E-state index is 11.1. The van der Waals surface area contributed by atoms with Gasteiger partial charge in [0.1, 0.15) is 11.3 Å². The van der Waals surface area contributed by atoms with Gasteiger partial charge in [-0.1, -0.05) is 15.9 Å². The van der Waals surface area contributed by atoms with Crippen molar-refractivity contribution in [3.63, 3.8) is 0 Å². The molecule has 0 heterocycles. The Hall–Kier alpha value is -1.31. The number of carbonyl (C=O) groups is 2. The number of nitrogens with two attached hydrogens (primary N) is 1. The fourth-order valence-corrected chi connectivity index (χ4v) is 1.91. The van der Waals surface area contributed by atoms with Crippen molar-refractivity contribution in [3.8, 4) is 5.75 Å². The summed E-state index contributed by atoms with van der Waals surface area (Å²) in [5.74, 6) is -2.26. The average molecular weight is 355 g/mol. The number of aromatic hydroxyl groups is 1. The Labute approximate surface area is 124 Å². The van der Waals surface area contributed by atoms with E-state index in [2.05, 4.69) is 20.7 Å². The summed E-state index contributed by atoms with van der Waals surface area (Å²) in [4.78, 5) is 22.0. The monoisotopic (exact) mass is 353 g/mol. The first-order chi connectivity index (χ1) is 8.36. The molecule has 8 heteroatoms. The fourth-order valence-electron chi connectivity index (χ4n) is 1.44. The van der Waals surface area contributed by atoms with Crippen molar-refractivity contribution in [1.29, 1.82) is 0 Å². The molecule has 0 aliphatic rings. The van der Waals surface area contributed by atoms with E-state index in [1.165, 1.54) is 19.2 Å². The van der Waals surface area contributed by atoms with Gasteiger partial charge >= 0.3 is 11.9 Å². The molecule has 0 bridgehead atoms. The van der Waals surface area contributed by atoms with E-state index in [1.54, 1.807) is 0 Å². The van der Waals surface area contributed by atoms with E-state index in [9.17, 15) is 14.7 Å². The third-order valence-corrected chi connectivity index (χ3v) is 2.81. The number of hydrogen-bond acceptors (Lipinski definition) is 5. The molecule has 0 radical (unpaired) electrons. The number of carboxylic acid groups (broad SMARTS) is 1. The van der Waals surface area contributed by atoms with Crippen LogP contribution >= 0.6 is 28.3 Å². The molecule has 0 spiro atoms. The molecule has 0 saturated carbocycles. The largest absolute Gasteiger partial charge is 0.507 e. The highest BCUT2D eigenvalue weighted by Crippen LogP contribution is 2.32. The maximum Gasteiger partial charge on any atom is 0.339 e. The molecule has 6 nitrogen and oxygen atoms in total.